The summed E-state index contributed by atoms with van der Waals surface area (Å²) in [6.45, 7) is 8.39. The van der Waals surface area contributed by atoms with Crippen molar-refractivity contribution in [2.75, 3.05) is 24.7 Å². The number of rotatable bonds is 3. The average Bonchev–Trinajstić information content (AvgIpc) is 2.74. The molecule has 2 saturated heterocycles. The van der Waals surface area contributed by atoms with Gasteiger partial charge in [-0.25, -0.2) is 9.69 Å². The highest BCUT2D eigenvalue weighted by molar-refractivity contribution is 6.14. The number of imide groups is 1. The minimum atomic E-state index is -0.436. The third-order valence-corrected chi connectivity index (χ3v) is 4.98. The minimum Gasteiger partial charge on any atom is -0.285 e. The van der Waals surface area contributed by atoms with E-state index in [4.69, 9.17) is 0 Å². The number of aryl methyl sites for hydroxylation is 1. The molecule has 2 fully saturated rings. The van der Waals surface area contributed by atoms with Gasteiger partial charge in [-0.3, -0.25) is 14.6 Å². The van der Waals surface area contributed by atoms with Crippen LogP contribution in [-0.2, 0) is 4.79 Å². The molecule has 23 heavy (non-hydrogen) atoms. The molecule has 0 spiro atoms. The summed E-state index contributed by atoms with van der Waals surface area (Å²) in [5.74, 6) is 0.633. The van der Waals surface area contributed by atoms with Crippen molar-refractivity contribution in [2.45, 2.75) is 39.7 Å². The number of amides is 3. The molecule has 1 aromatic rings. The Morgan fingerprint density at radius 2 is 1.65 bits per heavy atom. The van der Waals surface area contributed by atoms with E-state index in [2.05, 4.69) is 11.8 Å². The van der Waals surface area contributed by atoms with Crippen LogP contribution in [0.2, 0.25) is 0 Å². The number of nitrogens with zero attached hydrogens (tertiary/aromatic N) is 3. The van der Waals surface area contributed by atoms with Crippen molar-refractivity contribution in [1.82, 2.24) is 9.80 Å². The summed E-state index contributed by atoms with van der Waals surface area (Å²) >= 11 is 0. The van der Waals surface area contributed by atoms with Crippen LogP contribution in [0.5, 0.6) is 0 Å². The van der Waals surface area contributed by atoms with Gasteiger partial charge in [0, 0.05) is 18.8 Å². The van der Waals surface area contributed by atoms with Gasteiger partial charge in [0.05, 0.1) is 6.67 Å². The fourth-order valence-electron chi connectivity index (χ4n) is 3.30. The van der Waals surface area contributed by atoms with Gasteiger partial charge in [0.25, 0.3) is 5.91 Å². The van der Waals surface area contributed by atoms with E-state index < -0.39 is 6.04 Å². The first-order chi connectivity index (χ1) is 11.0. The molecular formula is C18H25N3O2. The molecular weight excluding hydrogens is 290 g/mol. The van der Waals surface area contributed by atoms with Gasteiger partial charge in [0.15, 0.2) is 0 Å². The van der Waals surface area contributed by atoms with Crippen molar-refractivity contribution >= 4 is 17.6 Å². The van der Waals surface area contributed by atoms with Gasteiger partial charge >= 0.3 is 6.03 Å². The molecule has 5 heteroatoms. The number of urea groups is 1. The predicted octanol–water partition coefficient (Wildman–Crippen LogP) is 2.84. The van der Waals surface area contributed by atoms with Gasteiger partial charge in [-0.15, -0.1) is 0 Å². The Bertz CT molecular complexity index is 591. The Morgan fingerprint density at radius 3 is 2.26 bits per heavy atom. The SMILES string of the molecule is Cc1ccc(N2C(=O)N(CN3CCC(C)CC3)C(=O)[C@H]2C)cc1. The van der Waals surface area contributed by atoms with Gasteiger partial charge in [0.1, 0.15) is 6.04 Å². The molecule has 124 valence electrons. The molecule has 1 aromatic carbocycles. The first kappa shape index (κ1) is 16.0. The van der Waals surface area contributed by atoms with E-state index in [1.807, 2.05) is 31.2 Å². The zero-order valence-electron chi connectivity index (χ0n) is 14.2. The third-order valence-electron chi connectivity index (χ3n) is 4.98. The molecule has 5 nitrogen and oxygen atoms in total. The van der Waals surface area contributed by atoms with E-state index in [0.717, 1.165) is 43.1 Å². The Kier molecular flexibility index (Phi) is 4.39. The topological polar surface area (TPSA) is 43.9 Å². The van der Waals surface area contributed by atoms with Gasteiger partial charge in [0.2, 0.25) is 0 Å². The summed E-state index contributed by atoms with van der Waals surface area (Å²) < 4.78 is 0. The predicted molar refractivity (Wildman–Crippen MR) is 90.2 cm³/mol. The van der Waals surface area contributed by atoms with Crippen molar-refractivity contribution in [3.05, 3.63) is 29.8 Å². The molecule has 0 aromatic heterocycles. The van der Waals surface area contributed by atoms with Gasteiger partial charge in [-0.05, 0) is 44.7 Å². The third kappa shape index (κ3) is 3.11. The standard InChI is InChI=1S/C18H25N3O2/c1-13-4-6-16(7-5-13)21-15(3)17(22)20(18(21)23)12-19-10-8-14(2)9-11-19/h4-7,14-15H,8-12H2,1-3H3/t15-/m1/s1. The molecule has 3 rings (SSSR count). The Balaban J connectivity index is 1.74. The molecule has 2 heterocycles. The quantitative estimate of drug-likeness (QED) is 0.806. The molecule has 2 aliphatic heterocycles. The highest BCUT2D eigenvalue weighted by Gasteiger charge is 2.43. The highest BCUT2D eigenvalue weighted by Crippen LogP contribution is 2.27. The van der Waals surface area contributed by atoms with Crippen LogP contribution < -0.4 is 4.90 Å². The minimum absolute atomic E-state index is 0.103. The number of piperidine rings is 1. The lowest BCUT2D eigenvalue weighted by Gasteiger charge is -2.32. The lowest BCUT2D eigenvalue weighted by molar-refractivity contribution is -0.128. The van der Waals surface area contributed by atoms with E-state index in [1.165, 1.54) is 4.90 Å². The molecule has 2 aliphatic rings. The number of hydrogen-bond donors (Lipinski definition) is 0. The number of anilines is 1. The number of hydrogen-bond acceptors (Lipinski definition) is 3. The Morgan fingerprint density at radius 1 is 1.04 bits per heavy atom. The van der Waals surface area contributed by atoms with Crippen LogP contribution in [0, 0.1) is 12.8 Å². The van der Waals surface area contributed by atoms with E-state index >= 15 is 0 Å². The maximum Gasteiger partial charge on any atom is 0.333 e. The zero-order valence-corrected chi connectivity index (χ0v) is 14.2. The second-order valence-corrected chi connectivity index (χ2v) is 6.87. The van der Waals surface area contributed by atoms with Gasteiger partial charge in [-0.1, -0.05) is 24.6 Å². The first-order valence-corrected chi connectivity index (χ1v) is 8.41. The summed E-state index contributed by atoms with van der Waals surface area (Å²) in [5, 5.41) is 0. The van der Waals surface area contributed by atoms with Crippen molar-refractivity contribution in [1.29, 1.82) is 0 Å². The van der Waals surface area contributed by atoms with Crippen molar-refractivity contribution in [3.63, 3.8) is 0 Å². The smallest absolute Gasteiger partial charge is 0.285 e. The van der Waals surface area contributed by atoms with Crippen LogP contribution in [0.3, 0.4) is 0 Å². The normalized spacial score (nSPS) is 23.9. The molecule has 1 atom stereocenters. The fraction of sp³-hybridized carbons (Fsp3) is 0.556. The van der Waals surface area contributed by atoms with E-state index in [9.17, 15) is 9.59 Å². The number of benzene rings is 1. The summed E-state index contributed by atoms with van der Waals surface area (Å²) in [4.78, 5) is 30.5. The van der Waals surface area contributed by atoms with Crippen molar-refractivity contribution in [2.24, 2.45) is 5.92 Å². The lowest BCUT2D eigenvalue weighted by Crippen LogP contribution is -2.45. The lowest BCUT2D eigenvalue weighted by atomic mass is 10.00. The Hall–Kier alpha value is -1.88. The van der Waals surface area contributed by atoms with Crippen LogP contribution in [0.1, 0.15) is 32.3 Å². The Labute approximate surface area is 137 Å². The monoisotopic (exact) mass is 315 g/mol. The summed E-state index contributed by atoms with van der Waals surface area (Å²) in [7, 11) is 0. The molecule has 0 N–H and O–H groups in total. The van der Waals surface area contributed by atoms with Gasteiger partial charge in [-0.2, -0.15) is 0 Å². The molecule has 0 saturated carbocycles. The summed E-state index contributed by atoms with van der Waals surface area (Å²) in [5.41, 5.74) is 1.93. The van der Waals surface area contributed by atoms with E-state index in [1.54, 1.807) is 11.8 Å². The zero-order chi connectivity index (χ0) is 16.6. The molecule has 0 unspecified atom stereocenters. The second-order valence-electron chi connectivity index (χ2n) is 6.87. The fourth-order valence-corrected chi connectivity index (χ4v) is 3.30. The second kappa shape index (κ2) is 6.32. The largest absolute Gasteiger partial charge is 0.333 e. The number of likely N-dealkylation sites (tertiary alicyclic amines) is 1. The van der Waals surface area contributed by atoms with Crippen LogP contribution in [0.4, 0.5) is 10.5 Å². The summed E-state index contributed by atoms with van der Waals surface area (Å²) in [6.07, 6.45) is 2.26. The first-order valence-electron chi connectivity index (χ1n) is 8.41. The van der Waals surface area contributed by atoms with Crippen molar-refractivity contribution in [3.8, 4) is 0 Å². The highest BCUT2D eigenvalue weighted by atomic mass is 16.2. The molecule has 0 aliphatic carbocycles. The maximum absolute atomic E-state index is 12.8. The molecule has 3 amide bonds. The van der Waals surface area contributed by atoms with E-state index in [0.29, 0.717) is 6.67 Å². The average molecular weight is 315 g/mol. The van der Waals surface area contributed by atoms with Gasteiger partial charge < -0.3 is 0 Å². The number of carbonyl (C=O) groups is 2. The maximum atomic E-state index is 12.8. The van der Waals surface area contributed by atoms with E-state index in [-0.39, 0.29) is 11.9 Å². The number of carbonyl (C=O) groups excluding carboxylic acids is 2. The van der Waals surface area contributed by atoms with Crippen LogP contribution >= 0.6 is 0 Å². The van der Waals surface area contributed by atoms with Crippen LogP contribution in [0.25, 0.3) is 0 Å². The molecule has 0 radical (unpaired) electrons. The van der Waals surface area contributed by atoms with Crippen LogP contribution in [-0.4, -0.2) is 47.5 Å². The van der Waals surface area contributed by atoms with Crippen LogP contribution in [0.15, 0.2) is 24.3 Å². The van der Waals surface area contributed by atoms with Crippen molar-refractivity contribution < 1.29 is 9.59 Å². The summed E-state index contributed by atoms with van der Waals surface area (Å²) in [6, 6.07) is 7.11. The molecule has 0 bridgehead atoms.